The lowest BCUT2D eigenvalue weighted by Gasteiger charge is -2.43. The van der Waals surface area contributed by atoms with Gasteiger partial charge in [0, 0.05) is 31.2 Å². The predicted octanol–water partition coefficient (Wildman–Crippen LogP) is 3.17. The molecule has 1 spiro atoms. The van der Waals surface area contributed by atoms with E-state index in [1.807, 2.05) is 0 Å². The Labute approximate surface area is 113 Å². The Kier molecular flexibility index (Phi) is 3.44. The van der Waals surface area contributed by atoms with E-state index in [-0.39, 0.29) is 0 Å². The molecular weight excluding hydrogens is 220 g/mol. The normalized spacial score (nSPS) is 33.0. The molecule has 2 heteroatoms. The van der Waals surface area contributed by atoms with Crippen LogP contribution in [0.2, 0.25) is 0 Å². The van der Waals surface area contributed by atoms with Crippen LogP contribution < -0.4 is 5.32 Å². The summed E-state index contributed by atoms with van der Waals surface area (Å²) in [7, 11) is 0. The summed E-state index contributed by atoms with van der Waals surface area (Å²) in [5.74, 6) is 0. The average Bonchev–Trinajstić information content (AvgIpc) is 3.10. The lowest BCUT2D eigenvalue weighted by molar-refractivity contribution is 0.0563. The highest BCUT2D eigenvalue weighted by molar-refractivity contribution is 5.04. The van der Waals surface area contributed by atoms with Crippen molar-refractivity contribution in [3.63, 3.8) is 0 Å². The standard InChI is InChI=1S/C16H30N2/c1-15(2)11-17-12-16(9-10-16)13-18(15)14-7-5-3-4-6-8-14/h14,17H,3-13H2,1-2H3. The fraction of sp³-hybridized carbons (Fsp3) is 1.00. The number of nitrogens with zero attached hydrogens (tertiary/aromatic N) is 1. The van der Waals surface area contributed by atoms with Crippen LogP contribution in [0.3, 0.4) is 0 Å². The average molecular weight is 250 g/mol. The molecule has 0 bridgehead atoms. The molecule has 0 unspecified atom stereocenters. The van der Waals surface area contributed by atoms with E-state index in [1.165, 1.54) is 71.0 Å². The molecule has 104 valence electrons. The summed E-state index contributed by atoms with van der Waals surface area (Å²) in [5, 5.41) is 3.73. The van der Waals surface area contributed by atoms with Gasteiger partial charge in [0.1, 0.15) is 0 Å². The van der Waals surface area contributed by atoms with Gasteiger partial charge in [-0.1, -0.05) is 25.7 Å². The van der Waals surface area contributed by atoms with E-state index in [0.717, 1.165) is 6.04 Å². The molecule has 0 amide bonds. The summed E-state index contributed by atoms with van der Waals surface area (Å²) < 4.78 is 0. The molecule has 1 aliphatic heterocycles. The van der Waals surface area contributed by atoms with Gasteiger partial charge in [0.25, 0.3) is 0 Å². The predicted molar refractivity (Wildman–Crippen MR) is 76.8 cm³/mol. The van der Waals surface area contributed by atoms with E-state index in [2.05, 4.69) is 24.1 Å². The van der Waals surface area contributed by atoms with Crippen molar-refractivity contribution in [1.29, 1.82) is 0 Å². The van der Waals surface area contributed by atoms with Crippen LogP contribution in [-0.4, -0.2) is 36.1 Å². The fourth-order valence-electron chi connectivity index (χ4n) is 4.07. The molecule has 0 aromatic rings. The molecule has 1 heterocycles. The first-order valence-electron chi connectivity index (χ1n) is 8.09. The Morgan fingerprint density at radius 1 is 0.944 bits per heavy atom. The van der Waals surface area contributed by atoms with Gasteiger partial charge in [-0.3, -0.25) is 4.90 Å². The van der Waals surface area contributed by atoms with Gasteiger partial charge in [-0.2, -0.15) is 0 Å². The Balaban J connectivity index is 1.76. The quantitative estimate of drug-likeness (QED) is 0.719. The lowest BCUT2D eigenvalue weighted by atomic mass is 9.95. The molecule has 2 aliphatic carbocycles. The molecule has 18 heavy (non-hydrogen) atoms. The molecule has 3 fully saturated rings. The number of nitrogens with one attached hydrogen (secondary N) is 1. The van der Waals surface area contributed by atoms with Crippen molar-refractivity contribution in [2.24, 2.45) is 5.41 Å². The van der Waals surface area contributed by atoms with Crippen LogP contribution >= 0.6 is 0 Å². The minimum atomic E-state index is 0.348. The summed E-state index contributed by atoms with van der Waals surface area (Å²) in [6.07, 6.45) is 11.6. The van der Waals surface area contributed by atoms with Crippen LogP contribution in [0.25, 0.3) is 0 Å². The molecule has 3 aliphatic rings. The Morgan fingerprint density at radius 2 is 1.61 bits per heavy atom. The van der Waals surface area contributed by atoms with Gasteiger partial charge in [-0.05, 0) is 44.9 Å². The molecule has 0 aromatic heterocycles. The molecular formula is C16H30N2. The summed E-state index contributed by atoms with van der Waals surface area (Å²) in [5.41, 5.74) is 1.00. The smallest absolute Gasteiger partial charge is 0.0280 e. The van der Waals surface area contributed by atoms with Gasteiger partial charge < -0.3 is 5.32 Å². The van der Waals surface area contributed by atoms with E-state index < -0.39 is 0 Å². The monoisotopic (exact) mass is 250 g/mol. The first kappa shape index (κ1) is 12.9. The third kappa shape index (κ3) is 2.60. The maximum atomic E-state index is 3.73. The van der Waals surface area contributed by atoms with Crippen LogP contribution in [0.1, 0.15) is 65.2 Å². The first-order chi connectivity index (χ1) is 8.61. The molecule has 2 nitrogen and oxygen atoms in total. The Hall–Kier alpha value is -0.0800. The molecule has 2 saturated carbocycles. The van der Waals surface area contributed by atoms with Crippen molar-refractivity contribution < 1.29 is 0 Å². The topological polar surface area (TPSA) is 15.3 Å². The van der Waals surface area contributed by atoms with Crippen molar-refractivity contribution in [3.8, 4) is 0 Å². The van der Waals surface area contributed by atoms with Crippen molar-refractivity contribution >= 4 is 0 Å². The SMILES string of the molecule is CC1(C)CNCC2(CC2)CN1C1CCCCCC1. The van der Waals surface area contributed by atoms with E-state index in [4.69, 9.17) is 0 Å². The van der Waals surface area contributed by atoms with Gasteiger partial charge >= 0.3 is 0 Å². The third-order valence-electron chi connectivity index (χ3n) is 5.56. The van der Waals surface area contributed by atoms with Crippen molar-refractivity contribution in [2.45, 2.75) is 76.8 Å². The Bertz CT molecular complexity index is 285. The number of hydrogen-bond acceptors (Lipinski definition) is 2. The summed E-state index contributed by atoms with van der Waals surface area (Å²) in [6, 6.07) is 0.861. The van der Waals surface area contributed by atoms with Crippen molar-refractivity contribution in [3.05, 3.63) is 0 Å². The van der Waals surface area contributed by atoms with E-state index in [0.29, 0.717) is 11.0 Å². The molecule has 1 saturated heterocycles. The molecule has 0 aromatic carbocycles. The van der Waals surface area contributed by atoms with E-state index in [1.54, 1.807) is 0 Å². The largest absolute Gasteiger partial charge is 0.314 e. The number of rotatable bonds is 1. The second kappa shape index (κ2) is 4.79. The summed E-state index contributed by atoms with van der Waals surface area (Å²) >= 11 is 0. The van der Waals surface area contributed by atoms with Crippen LogP contribution in [0, 0.1) is 5.41 Å². The number of hydrogen-bond donors (Lipinski definition) is 1. The fourth-order valence-corrected chi connectivity index (χ4v) is 4.07. The van der Waals surface area contributed by atoms with Crippen LogP contribution in [0.15, 0.2) is 0 Å². The van der Waals surface area contributed by atoms with E-state index in [9.17, 15) is 0 Å². The van der Waals surface area contributed by atoms with Crippen molar-refractivity contribution in [1.82, 2.24) is 10.2 Å². The van der Waals surface area contributed by atoms with Gasteiger partial charge in [0.2, 0.25) is 0 Å². The zero-order chi connectivity index (χ0) is 12.6. The summed E-state index contributed by atoms with van der Waals surface area (Å²) in [4.78, 5) is 2.89. The highest BCUT2D eigenvalue weighted by atomic mass is 15.3. The second-order valence-corrected chi connectivity index (χ2v) is 7.69. The van der Waals surface area contributed by atoms with Gasteiger partial charge in [0.15, 0.2) is 0 Å². The maximum absolute atomic E-state index is 3.73. The van der Waals surface area contributed by atoms with Crippen LogP contribution in [0.4, 0.5) is 0 Å². The molecule has 3 rings (SSSR count). The van der Waals surface area contributed by atoms with Crippen LogP contribution in [-0.2, 0) is 0 Å². The van der Waals surface area contributed by atoms with Gasteiger partial charge in [0.05, 0.1) is 0 Å². The van der Waals surface area contributed by atoms with Crippen LogP contribution in [0.5, 0.6) is 0 Å². The summed E-state index contributed by atoms with van der Waals surface area (Å²) in [6.45, 7) is 8.70. The first-order valence-corrected chi connectivity index (χ1v) is 8.09. The van der Waals surface area contributed by atoms with E-state index >= 15 is 0 Å². The Morgan fingerprint density at radius 3 is 2.22 bits per heavy atom. The molecule has 0 atom stereocenters. The second-order valence-electron chi connectivity index (χ2n) is 7.69. The molecule has 0 radical (unpaired) electrons. The zero-order valence-corrected chi connectivity index (χ0v) is 12.3. The minimum Gasteiger partial charge on any atom is -0.314 e. The molecule has 1 N–H and O–H groups in total. The highest BCUT2D eigenvalue weighted by Crippen LogP contribution is 2.48. The van der Waals surface area contributed by atoms with Gasteiger partial charge in [-0.25, -0.2) is 0 Å². The lowest BCUT2D eigenvalue weighted by Crippen LogP contribution is -2.53. The zero-order valence-electron chi connectivity index (χ0n) is 12.3. The van der Waals surface area contributed by atoms with Crippen molar-refractivity contribution in [2.75, 3.05) is 19.6 Å². The maximum Gasteiger partial charge on any atom is 0.0280 e. The minimum absolute atomic E-state index is 0.348. The van der Waals surface area contributed by atoms with Gasteiger partial charge in [-0.15, -0.1) is 0 Å². The highest BCUT2D eigenvalue weighted by Gasteiger charge is 2.49. The third-order valence-corrected chi connectivity index (χ3v) is 5.56.